The summed E-state index contributed by atoms with van der Waals surface area (Å²) >= 11 is 0. The molecule has 1 saturated heterocycles. The molecule has 1 aliphatic heterocycles. The highest BCUT2D eigenvalue weighted by molar-refractivity contribution is 7.89. The van der Waals surface area contributed by atoms with Crippen molar-refractivity contribution >= 4 is 16.0 Å². The van der Waals surface area contributed by atoms with Crippen LogP contribution in [0.25, 0.3) is 0 Å². The highest BCUT2D eigenvalue weighted by Crippen LogP contribution is 2.23. The van der Waals surface area contributed by atoms with Gasteiger partial charge in [0.1, 0.15) is 5.82 Å². The normalized spacial score (nSPS) is 16.3. The Hall–Kier alpha value is -2.33. The number of rotatable bonds is 7. The van der Waals surface area contributed by atoms with Crippen molar-refractivity contribution in [3.8, 4) is 0 Å². The van der Waals surface area contributed by atoms with Crippen molar-refractivity contribution < 1.29 is 27.1 Å². The fourth-order valence-electron chi connectivity index (χ4n) is 3.21. The number of ether oxygens (including phenoxy) is 2. The molecule has 0 bridgehead atoms. The molecule has 1 unspecified atom stereocenters. The number of nitrogens with one attached hydrogen (secondary N) is 1. The number of sulfonamides is 1. The summed E-state index contributed by atoms with van der Waals surface area (Å²) in [5, 5.41) is 0. The van der Waals surface area contributed by atoms with Gasteiger partial charge in [0, 0.05) is 25.7 Å². The van der Waals surface area contributed by atoms with Gasteiger partial charge < -0.3 is 9.47 Å². The molecule has 2 aromatic rings. The van der Waals surface area contributed by atoms with Crippen LogP contribution in [0.1, 0.15) is 22.0 Å². The van der Waals surface area contributed by atoms with Crippen LogP contribution in [-0.4, -0.2) is 59.2 Å². The number of morpholine rings is 1. The zero-order valence-corrected chi connectivity index (χ0v) is 16.8. The number of methoxy groups -OCH3 is 1. The maximum Gasteiger partial charge on any atom is 0.337 e. The average molecular weight is 422 g/mol. The summed E-state index contributed by atoms with van der Waals surface area (Å²) in [6.07, 6.45) is 0. The van der Waals surface area contributed by atoms with Crippen LogP contribution in [0.3, 0.4) is 0 Å². The van der Waals surface area contributed by atoms with Gasteiger partial charge in [-0.15, -0.1) is 0 Å². The summed E-state index contributed by atoms with van der Waals surface area (Å²) in [6.45, 7) is 2.47. The molecule has 1 heterocycles. The summed E-state index contributed by atoms with van der Waals surface area (Å²) in [7, 11) is -2.63. The van der Waals surface area contributed by atoms with Crippen LogP contribution in [0.2, 0.25) is 0 Å². The zero-order valence-electron chi connectivity index (χ0n) is 16.0. The molecular weight excluding hydrogens is 399 g/mol. The predicted molar refractivity (Wildman–Crippen MR) is 105 cm³/mol. The molecule has 7 nitrogen and oxygen atoms in total. The fraction of sp³-hybridized carbons (Fsp3) is 0.350. The Kier molecular flexibility index (Phi) is 6.96. The van der Waals surface area contributed by atoms with E-state index in [9.17, 15) is 17.6 Å². The molecule has 0 amide bonds. The minimum Gasteiger partial charge on any atom is -0.465 e. The molecular formula is C20H23FN2O5S. The van der Waals surface area contributed by atoms with E-state index in [1.807, 2.05) is 0 Å². The third-order valence-corrected chi connectivity index (χ3v) is 6.19. The number of nitrogens with zero attached hydrogens (tertiary/aromatic N) is 1. The lowest BCUT2D eigenvalue weighted by Gasteiger charge is -2.34. The molecule has 9 heteroatoms. The Balaban J connectivity index is 1.80. The first-order valence-corrected chi connectivity index (χ1v) is 10.6. The van der Waals surface area contributed by atoms with Crippen LogP contribution >= 0.6 is 0 Å². The fourth-order valence-corrected chi connectivity index (χ4v) is 4.30. The molecule has 0 radical (unpaired) electrons. The quantitative estimate of drug-likeness (QED) is 0.687. The first-order chi connectivity index (χ1) is 13.9. The molecule has 0 spiro atoms. The number of benzene rings is 2. The topological polar surface area (TPSA) is 84.9 Å². The zero-order chi connectivity index (χ0) is 20.9. The number of hydrogen-bond donors (Lipinski definition) is 1. The van der Waals surface area contributed by atoms with E-state index >= 15 is 0 Å². The summed E-state index contributed by atoms with van der Waals surface area (Å²) in [6, 6.07) is 11.4. The van der Waals surface area contributed by atoms with E-state index in [1.165, 1.54) is 43.5 Å². The molecule has 0 aromatic heterocycles. The molecule has 0 aliphatic carbocycles. The van der Waals surface area contributed by atoms with Gasteiger partial charge in [-0.1, -0.05) is 18.2 Å². The minimum absolute atomic E-state index is 0.0276. The van der Waals surface area contributed by atoms with E-state index in [0.29, 0.717) is 26.3 Å². The van der Waals surface area contributed by atoms with E-state index in [2.05, 4.69) is 14.4 Å². The van der Waals surface area contributed by atoms with Gasteiger partial charge >= 0.3 is 5.97 Å². The molecule has 29 heavy (non-hydrogen) atoms. The molecule has 3 rings (SSSR count). The van der Waals surface area contributed by atoms with E-state index < -0.39 is 16.0 Å². The van der Waals surface area contributed by atoms with Crippen LogP contribution < -0.4 is 4.72 Å². The minimum atomic E-state index is -3.86. The van der Waals surface area contributed by atoms with Crippen molar-refractivity contribution in [1.29, 1.82) is 0 Å². The maximum atomic E-state index is 13.3. The second kappa shape index (κ2) is 9.45. The summed E-state index contributed by atoms with van der Waals surface area (Å²) in [5.74, 6) is -0.964. The second-order valence-electron chi connectivity index (χ2n) is 6.59. The smallest absolute Gasteiger partial charge is 0.337 e. The van der Waals surface area contributed by atoms with E-state index in [1.54, 1.807) is 12.1 Å². The van der Waals surface area contributed by atoms with Crippen molar-refractivity contribution in [2.75, 3.05) is 40.0 Å². The lowest BCUT2D eigenvalue weighted by Crippen LogP contribution is -2.43. The average Bonchev–Trinajstić information content (AvgIpc) is 2.75. The third kappa shape index (κ3) is 5.39. The Morgan fingerprint density at radius 1 is 1.21 bits per heavy atom. The Morgan fingerprint density at radius 3 is 2.55 bits per heavy atom. The highest BCUT2D eigenvalue weighted by Gasteiger charge is 2.25. The van der Waals surface area contributed by atoms with Crippen LogP contribution in [0.5, 0.6) is 0 Å². The summed E-state index contributed by atoms with van der Waals surface area (Å²) in [5.41, 5.74) is 0.956. The molecule has 2 aromatic carbocycles. The van der Waals surface area contributed by atoms with Crippen molar-refractivity contribution in [2.24, 2.45) is 0 Å². The van der Waals surface area contributed by atoms with Gasteiger partial charge in [0.25, 0.3) is 0 Å². The third-order valence-electron chi connectivity index (χ3n) is 4.77. The van der Waals surface area contributed by atoms with Crippen LogP contribution in [-0.2, 0) is 19.5 Å². The van der Waals surface area contributed by atoms with Gasteiger partial charge in [0.15, 0.2) is 0 Å². The van der Waals surface area contributed by atoms with Gasteiger partial charge in [-0.05, 0) is 35.9 Å². The maximum absolute atomic E-state index is 13.3. The summed E-state index contributed by atoms with van der Waals surface area (Å²) in [4.78, 5) is 13.8. The molecule has 1 N–H and O–H groups in total. The SMILES string of the molecule is COC(=O)c1cccc(S(=O)(=O)NCC(c2ccc(F)cc2)N2CCOCC2)c1. The molecule has 0 saturated carbocycles. The van der Waals surface area contributed by atoms with Gasteiger partial charge in [-0.25, -0.2) is 22.3 Å². The Bertz CT molecular complexity index is 944. The number of carbonyl (C=O) groups is 1. The number of carbonyl (C=O) groups excluding carboxylic acids is 1. The number of hydrogen-bond acceptors (Lipinski definition) is 6. The van der Waals surface area contributed by atoms with E-state index in [4.69, 9.17) is 4.74 Å². The van der Waals surface area contributed by atoms with Crippen molar-refractivity contribution in [1.82, 2.24) is 9.62 Å². The largest absolute Gasteiger partial charge is 0.465 e. The van der Waals surface area contributed by atoms with Crippen LogP contribution in [0, 0.1) is 5.82 Å². The predicted octanol–water partition coefficient (Wildman–Crippen LogP) is 1.96. The van der Waals surface area contributed by atoms with Gasteiger partial charge in [0.2, 0.25) is 10.0 Å². The van der Waals surface area contributed by atoms with Gasteiger partial charge in [0.05, 0.1) is 30.8 Å². The lowest BCUT2D eigenvalue weighted by molar-refractivity contribution is 0.0172. The molecule has 156 valence electrons. The molecule has 1 fully saturated rings. The lowest BCUT2D eigenvalue weighted by atomic mass is 10.0. The van der Waals surface area contributed by atoms with E-state index in [-0.39, 0.29) is 28.9 Å². The molecule has 1 atom stereocenters. The summed E-state index contributed by atoms with van der Waals surface area (Å²) < 4.78 is 51.6. The van der Waals surface area contributed by atoms with Crippen molar-refractivity contribution in [3.63, 3.8) is 0 Å². The second-order valence-corrected chi connectivity index (χ2v) is 8.35. The number of halogens is 1. The Morgan fingerprint density at radius 2 is 1.90 bits per heavy atom. The van der Waals surface area contributed by atoms with Crippen LogP contribution in [0.4, 0.5) is 4.39 Å². The first-order valence-electron chi connectivity index (χ1n) is 9.16. The monoisotopic (exact) mass is 422 g/mol. The number of esters is 1. The molecule has 1 aliphatic rings. The van der Waals surface area contributed by atoms with Crippen LogP contribution in [0.15, 0.2) is 53.4 Å². The van der Waals surface area contributed by atoms with Crippen molar-refractivity contribution in [2.45, 2.75) is 10.9 Å². The van der Waals surface area contributed by atoms with Crippen molar-refractivity contribution in [3.05, 3.63) is 65.5 Å². The first kappa shape index (κ1) is 21.4. The van der Waals surface area contributed by atoms with E-state index in [0.717, 1.165) is 5.56 Å². The highest BCUT2D eigenvalue weighted by atomic mass is 32.2. The Labute approximate surface area is 169 Å². The standard InChI is InChI=1S/C20H23FN2O5S/c1-27-20(24)16-3-2-4-18(13-16)29(25,26)22-14-19(23-9-11-28-12-10-23)15-5-7-17(21)8-6-15/h2-8,13,19,22H,9-12,14H2,1H3. The van der Waals surface area contributed by atoms with Gasteiger partial charge in [-0.3, -0.25) is 4.90 Å². The van der Waals surface area contributed by atoms with Gasteiger partial charge in [-0.2, -0.15) is 0 Å².